The van der Waals surface area contributed by atoms with Gasteiger partial charge in [-0.15, -0.1) is 6.58 Å². The average molecular weight is 302 g/mol. The molecule has 1 fully saturated rings. The molecule has 0 spiro atoms. The van der Waals surface area contributed by atoms with Crippen LogP contribution in [0.5, 0.6) is 0 Å². The van der Waals surface area contributed by atoms with Crippen molar-refractivity contribution in [1.29, 1.82) is 0 Å². The Bertz CT molecular complexity index is 493. The van der Waals surface area contributed by atoms with Crippen molar-refractivity contribution >= 4 is 0 Å². The maximum Gasteiger partial charge on any atom is 0.416 e. The summed E-state index contributed by atoms with van der Waals surface area (Å²) >= 11 is 0. The summed E-state index contributed by atoms with van der Waals surface area (Å²) in [6.07, 6.45) is -2.40. The number of nitrogens with one attached hydrogen (secondary N) is 1. The molecule has 2 nitrogen and oxygen atoms in total. The maximum absolute atomic E-state index is 13.6. The largest absolute Gasteiger partial charge is 0.416 e. The molecule has 116 valence electrons. The summed E-state index contributed by atoms with van der Waals surface area (Å²) < 4.78 is 52.1. The molecule has 0 bridgehead atoms. The Balaban J connectivity index is 2.35. The van der Waals surface area contributed by atoms with E-state index < -0.39 is 17.6 Å². The van der Waals surface area contributed by atoms with Gasteiger partial charge in [0, 0.05) is 32.2 Å². The van der Waals surface area contributed by atoms with E-state index in [1.165, 1.54) is 6.07 Å². The van der Waals surface area contributed by atoms with Crippen LogP contribution in [0.25, 0.3) is 0 Å². The molecule has 6 heteroatoms. The molecule has 1 aliphatic rings. The van der Waals surface area contributed by atoms with E-state index in [0.717, 1.165) is 32.2 Å². The molecule has 1 saturated heterocycles. The lowest BCUT2D eigenvalue weighted by Crippen LogP contribution is -2.45. The number of alkyl halides is 3. The van der Waals surface area contributed by atoms with Gasteiger partial charge in [0.25, 0.3) is 0 Å². The summed E-state index contributed by atoms with van der Waals surface area (Å²) in [4.78, 5) is 2.06. The van der Waals surface area contributed by atoms with Gasteiger partial charge in [-0.1, -0.05) is 6.08 Å². The number of hydrogen-bond acceptors (Lipinski definition) is 2. The molecule has 0 unspecified atom stereocenters. The van der Waals surface area contributed by atoms with Crippen LogP contribution in [0.2, 0.25) is 0 Å². The van der Waals surface area contributed by atoms with E-state index in [1.54, 1.807) is 6.08 Å². The van der Waals surface area contributed by atoms with E-state index in [0.29, 0.717) is 18.1 Å². The minimum absolute atomic E-state index is 0.276. The van der Waals surface area contributed by atoms with Crippen LogP contribution in [-0.4, -0.2) is 31.1 Å². The number of hydrogen-bond donors (Lipinski definition) is 1. The average Bonchev–Trinajstić information content (AvgIpc) is 2.44. The number of benzene rings is 1. The minimum Gasteiger partial charge on any atom is -0.314 e. The van der Waals surface area contributed by atoms with Crippen LogP contribution in [0.3, 0.4) is 0 Å². The summed E-state index contributed by atoms with van der Waals surface area (Å²) in [6, 6.07) is 2.48. The highest BCUT2D eigenvalue weighted by Gasteiger charge is 2.32. The van der Waals surface area contributed by atoms with Crippen LogP contribution in [0, 0.1) is 5.82 Å². The molecule has 0 aromatic heterocycles. The Morgan fingerprint density at radius 3 is 2.48 bits per heavy atom. The molecule has 1 aromatic rings. The first-order valence-corrected chi connectivity index (χ1v) is 6.85. The normalized spacial score (nSPS) is 18.5. The lowest BCUT2D eigenvalue weighted by molar-refractivity contribution is -0.137. The fourth-order valence-corrected chi connectivity index (χ4v) is 2.62. The number of piperazine rings is 1. The molecule has 0 aliphatic carbocycles. The molecule has 1 aliphatic heterocycles. The van der Waals surface area contributed by atoms with Gasteiger partial charge in [-0.25, -0.2) is 4.39 Å². The molecule has 1 N–H and O–H groups in total. The van der Waals surface area contributed by atoms with Gasteiger partial charge in [-0.2, -0.15) is 13.2 Å². The molecule has 2 rings (SSSR count). The van der Waals surface area contributed by atoms with Gasteiger partial charge in [0.1, 0.15) is 5.82 Å². The van der Waals surface area contributed by atoms with Crippen LogP contribution in [0.4, 0.5) is 17.6 Å². The Labute approximate surface area is 121 Å². The zero-order valence-electron chi connectivity index (χ0n) is 11.6. The van der Waals surface area contributed by atoms with E-state index in [-0.39, 0.29) is 6.04 Å². The van der Waals surface area contributed by atoms with Crippen molar-refractivity contribution in [2.45, 2.75) is 18.6 Å². The zero-order valence-corrected chi connectivity index (χ0v) is 11.6. The molecule has 0 saturated carbocycles. The highest BCUT2D eigenvalue weighted by atomic mass is 19.4. The predicted octanol–water partition coefficient (Wildman–Crippen LogP) is 3.37. The molecule has 0 amide bonds. The lowest BCUT2D eigenvalue weighted by Gasteiger charge is -2.35. The number of rotatable bonds is 4. The quantitative estimate of drug-likeness (QED) is 0.677. The SMILES string of the molecule is C=CC[C@H](c1cc(F)cc(C(F)(F)F)c1)N1CCNCC1. The molecule has 0 radical (unpaired) electrons. The van der Waals surface area contributed by atoms with Gasteiger partial charge >= 0.3 is 6.18 Å². The van der Waals surface area contributed by atoms with E-state index >= 15 is 0 Å². The third kappa shape index (κ3) is 4.04. The van der Waals surface area contributed by atoms with Crippen LogP contribution in [-0.2, 0) is 6.18 Å². The Kier molecular flexibility index (Phi) is 5.00. The van der Waals surface area contributed by atoms with E-state index in [1.807, 2.05) is 0 Å². The molecule has 1 atom stereocenters. The van der Waals surface area contributed by atoms with Crippen LogP contribution < -0.4 is 5.32 Å². The summed E-state index contributed by atoms with van der Waals surface area (Å²) in [5, 5.41) is 3.19. The number of halogens is 4. The second-order valence-electron chi connectivity index (χ2n) is 5.10. The van der Waals surface area contributed by atoms with Gasteiger partial charge in [0.05, 0.1) is 5.56 Å². The molecule has 1 aromatic carbocycles. The Hall–Kier alpha value is -1.40. The topological polar surface area (TPSA) is 15.3 Å². The maximum atomic E-state index is 13.6. The van der Waals surface area contributed by atoms with E-state index in [4.69, 9.17) is 0 Å². The van der Waals surface area contributed by atoms with Crippen molar-refractivity contribution in [1.82, 2.24) is 10.2 Å². The first-order valence-electron chi connectivity index (χ1n) is 6.85. The van der Waals surface area contributed by atoms with Gasteiger partial charge in [0.15, 0.2) is 0 Å². The fraction of sp³-hybridized carbons (Fsp3) is 0.467. The highest BCUT2D eigenvalue weighted by molar-refractivity contribution is 5.29. The highest BCUT2D eigenvalue weighted by Crippen LogP contribution is 2.34. The zero-order chi connectivity index (χ0) is 15.5. The van der Waals surface area contributed by atoms with Crippen molar-refractivity contribution in [3.63, 3.8) is 0 Å². The Morgan fingerprint density at radius 1 is 1.24 bits per heavy atom. The van der Waals surface area contributed by atoms with Gasteiger partial charge in [-0.3, -0.25) is 4.90 Å². The summed E-state index contributed by atoms with van der Waals surface area (Å²) in [6.45, 7) is 6.64. The second-order valence-corrected chi connectivity index (χ2v) is 5.10. The standard InChI is InChI=1S/C15H18F4N2/c1-2-3-14(21-6-4-20-5-7-21)11-8-12(15(17,18)19)10-13(16)9-11/h2,8-10,14,20H,1,3-7H2/t14-/m1/s1. The van der Waals surface area contributed by atoms with Crippen LogP contribution in [0.1, 0.15) is 23.6 Å². The monoisotopic (exact) mass is 302 g/mol. The van der Waals surface area contributed by atoms with E-state index in [2.05, 4.69) is 16.8 Å². The number of nitrogens with zero attached hydrogens (tertiary/aromatic N) is 1. The molecule has 21 heavy (non-hydrogen) atoms. The van der Waals surface area contributed by atoms with Crippen molar-refractivity contribution in [2.24, 2.45) is 0 Å². The van der Waals surface area contributed by atoms with Crippen molar-refractivity contribution in [2.75, 3.05) is 26.2 Å². The third-order valence-corrected chi connectivity index (χ3v) is 3.61. The lowest BCUT2D eigenvalue weighted by atomic mass is 9.98. The van der Waals surface area contributed by atoms with Gasteiger partial charge < -0.3 is 5.32 Å². The van der Waals surface area contributed by atoms with Crippen LogP contribution >= 0.6 is 0 Å². The Morgan fingerprint density at radius 2 is 1.90 bits per heavy atom. The fourth-order valence-electron chi connectivity index (χ4n) is 2.62. The first-order chi connectivity index (χ1) is 9.91. The molecular weight excluding hydrogens is 284 g/mol. The smallest absolute Gasteiger partial charge is 0.314 e. The van der Waals surface area contributed by atoms with Crippen molar-refractivity contribution in [3.05, 3.63) is 47.8 Å². The summed E-state index contributed by atoms with van der Waals surface area (Å²) in [5.41, 5.74) is -0.592. The van der Waals surface area contributed by atoms with Crippen LogP contribution in [0.15, 0.2) is 30.9 Å². The molecule has 1 heterocycles. The van der Waals surface area contributed by atoms with E-state index in [9.17, 15) is 17.6 Å². The van der Waals surface area contributed by atoms with Crippen molar-refractivity contribution in [3.8, 4) is 0 Å². The first kappa shape index (κ1) is 16.0. The third-order valence-electron chi connectivity index (χ3n) is 3.61. The second kappa shape index (κ2) is 6.58. The van der Waals surface area contributed by atoms with Gasteiger partial charge in [0.2, 0.25) is 0 Å². The summed E-state index contributed by atoms with van der Waals surface area (Å²) in [5.74, 6) is -0.857. The van der Waals surface area contributed by atoms with Crippen molar-refractivity contribution < 1.29 is 17.6 Å². The van der Waals surface area contributed by atoms with Gasteiger partial charge in [-0.05, 0) is 30.2 Å². The summed E-state index contributed by atoms with van der Waals surface area (Å²) in [7, 11) is 0. The predicted molar refractivity (Wildman–Crippen MR) is 73.4 cm³/mol. The minimum atomic E-state index is -4.54. The molecular formula is C15H18F4N2.